The van der Waals surface area contributed by atoms with E-state index in [-0.39, 0.29) is 24.2 Å². The van der Waals surface area contributed by atoms with Crippen LogP contribution in [-0.4, -0.2) is 53.8 Å². The minimum Gasteiger partial charge on any atom is -0.339 e. The summed E-state index contributed by atoms with van der Waals surface area (Å²) in [5.41, 5.74) is 7.17. The van der Waals surface area contributed by atoms with Crippen LogP contribution in [-0.2, 0) is 16.0 Å². The van der Waals surface area contributed by atoms with E-state index in [1.165, 1.54) is 5.56 Å². The monoisotopic (exact) mass is 367 g/mol. The van der Waals surface area contributed by atoms with E-state index in [1.54, 1.807) is 4.90 Å². The van der Waals surface area contributed by atoms with Crippen molar-refractivity contribution < 1.29 is 9.59 Å². The molecule has 2 N–H and O–H groups in total. The van der Waals surface area contributed by atoms with Crippen LogP contribution in [0, 0.1) is 0 Å². The molecule has 0 bridgehead atoms. The number of piperazine rings is 1. The Hall–Kier alpha value is -1.59. The number of nitrogens with two attached hydrogens (primary N) is 1. The summed E-state index contributed by atoms with van der Waals surface area (Å²) in [6.07, 6.45) is 3.99. The second-order valence-electron chi connectivity index (χ2n) is 6.44. The number of benzene rings is 1. The Kier molecular flexibility index (Phi) is 9.53. The average Bonchev–Trinajstić information content (AvgIpc) is 2.62. The number of hydrogen-bond donors (Lipinski definition) is 1. The van der Waals surface area contributed by atoms with Gasteiger partial charge in [-0.1, -0.05) is 43.7 Å². The maximum absolute atomic E-state index is 12.3. The molecule has 140 valence electrons. The van der Waals surface area contributed by atoms with E-state index >= 15 is 0 Å². The normalized spacial score (nSPS) is 15.4. The van der Waals surface area contributed by atoms with Gasteiger partial charge in [-0.15, -0.1) is 12.4 Å². The molecule has 1 aromatic rings. The van der Waals surface area contributed by atoms with Gasteiger partial charge in [-0.05, 0) is 24.8 Å². The molecule has 2 rings (SSSR count). The van der Waals surface area contributed by atoms with Crippen molar-refractivity contribution in [3.8, 4) is 0 Å². The van der Waals surface area contributed by atoms with Gasteiger partial charge in [0, 0.05) is 32.6 Å². The highest BCUT2D eigenvalue weighted by atomic mass is 35.5. The molecule has 1 saturated heterocycles. The Bertz CT molecular complexity index is 531. The van der Waals surface area contributed by atoms with E-state index < -0.39 is 6.04 Å². The number of carbonyl (C=O) groups is 2. The lowest BCUT2D eigenvalue weighted by Gasteiger charge is -2.36. The molecule has 1 fully saturated rings. The van der Waals surface area contributed by atoms with E-state index in [0.717, 1.165) is 25.7 Å². The molecule has 0 spiro atoms. The highest BCUT2D eigenvalue weighted by Crippen LogP contribution is 2.10. The van der Waals surface area contributed by atoms with Gasteiger partial charge in [0.1, 0.15) is 0 Å². The van der Waals surface area contributed by atoms with Crippen LogP contribution in [0.2, 0.25) is 0 Å². The summed E-state index contributed by atoms with van der Waals surface area (Å²) >= 11 is 0. The van der Waals surface area contributed by atoms with E-state index in [9.17, 15) is 9.59 Å². The van der Waals surface area contributed by atoms with E-state index in [2.05, 4.69) is 12.1 Å². The van der Waals surface area contributed by atoms with Crippen molar-refractivity contribution in [3.05, 3.63) is 35.9 Å². The Labute approximate surface area is 157 Å². The Morgan fingerprint density at radius 1 is 1.08 bits per heavy atom. The Morgan fingerprint density at radius 2 is 1.68 bits per heavy atom. The largest absolute Gasteiger partial charge is 0.339 e. The maximum Gasteiger partial charge on any atom is 0.239 e. The predicted octanol–water partition coefficient (Wildman–Crippen LogP) is 2.23. The average molecular weight is 368 g/mol. The third-order valence-electron chi connectivity index (χ3n) is 4.56. The molecule has 1 heterocycles. The van der Waals surface area contributed by atoms with E-state index in [4.69, 9.17) is 5.73 Å². The lowest BCUT2D eigenvalue weighted by Crippen LogP contribution is -2.54. The summed E-state index contributed by atoms with van der Waals surface area (Å²) in [7, 11) is 0. The number of amides is 2. The van der Waals surface area contributed by atoms with E-state index in [0.29, 0.717) is 32.6 Å². The third kappa shape index (κ3) is 6.67. The van der Waals surface area contributed by atoms with Crippen LogP contribution in [0.25, 0.3) is 0 Å². The summed E-state index contributed by atoms with van der Waals surface area (Å²) in [4.78, 5) is 28.2. The zero-order valence-corrected chi connectivity index (χ0v) is 15.8. The summed E-state index contributed by atoms with van der Waals surface area (Å²) in [6.45, 7) is 4.46. The van der Waals surface area contributed by atoms with Crippen molar-refractivity contribution in [3.63, 3.8) is 0 Å². The summed E-state index contributed by atoms with van der Waals surface area (Å²) < 4.78 is 0. The molecule has 1 aliphatic rings. The predicted molar refractivity (Wildman–Crippen MR) is 103 cm³/mol. The second kappa shape index (κ2) is 11.1. The number of nitrogens with zero attached hydrogens (tertiary/aromatic N) is 2. The summed E-state index contributed by atoms with van der Waals surface area (Å²) in [6, 6.07) is 9.83. The number of carbonyl (C=O) groups excluding carboxylic acids is 2. The fraction of sp³-hybridized carbons (Fsp3) is 0.579. The van der Waals surface area contributed by atoms with Crippen molar-refractivity contribution >= 4 is 24.2 Å². The zero-order chi connectivity index (χ0) is 17.4. The van der Waals surface area contributed by atoms with Crippen molar-refractivity contribution in [2.75, 3.05) is 26.2 Å². The third-order valence-corrected chi connectivity index (χ3v) is 4.56. The van der Waals surface area contributed by atoms with Crippen molar-refractivity contribution in [2.45, 2.75) is 45.1 Å². The van der Waals surface area contributed by atoms with Gasteiger partial charge in [0.15, 0.2) is 0 Å². The molecule has 6 heteroatoms. The first kappa shape index (κ1) is 21.5. The van der Waals surface area contributed by atoms with E-state index in [1.807, 2.05) is 30.0 Å². The molecular weight excluding hydrogens is 338 g/mol. The van der Waals surface area contributed by atoms with Gasteiger partial charge in [0.25, 0.3) is 0 Å². The second-order valence-corrected chi connectivity index (χ2v) is 6.44. The minimum absolute atomic E-state index is 0. The topological polar surface area (TPSA) is 66.6 Å². The molecule has 1 atom stereocenters. The first-order chi connectivity index (χ1) is 11.6. The molecule has 0 aliphatic carbocycles. The fourth-order valence-electron chi connectivity index (χ4n) is 3.09. The van der Waals surface area contributed by atoms with Gasteiger partial charge >= 0.3 is 0 Å². The SMILES string of the molecule is CCCC(N)C(=O)N1CCN(C(=O)CCCc2ccccc2)CC1.Cl. The molecule has 1 aromatic carbocycles. The standard InChI is InChI=1S/C19H29N3O2.ClH/c1-2-7-17(20)19(24)22-14-12-21(13-15-22)18(23)11-6-10-16-8-4-3-5-9-16;/h3-5,8-9,17H,2,6-7,10-15,20H2,1H3;1H. The van der Waals surface area contributed by atoms with Crippen LogP contribution in [0.4, 0.5) is 0 Å². The maximum atomic E-state index is 12.3. The van der Waals surface area contributed by atoms with Crippen LogP contribution >= 0.6 is 12.4 Å². The van der Waals surface area contributed by atoms with Crippen LogP contribution in [0.15, 0.2) is 30.3 Å². The fourth-order valence-corrected chi connectivity index (χ4v) is 3.09. The highest BCUT2D eigenvalue weighted by Gasteiger charge is 2.26. The minimum atomic E-state index is -0.400. The number of aryl methyl sites for hydroxylation is 1. The van der Waals surface area contributed by atoms with Crippen molar-refractivity contribution in [2.24, 2.45) is 5.73 Å². The van der Waals surface area contributed by atoms with Gasteiger partial charge in [-0.3, -0.25) is 9.59 Å². The van der Waals surface area contributed by atoms with Crippen LogP contribution < -0.4 is 5.73 Å². The lowest BCUT2D eigenvalue weighted by molar-refractivity contribution is -0.140. The molecule has 2 amide bonds. The molecular formula is C19H30ClN3O2. The van der Waals surface area contributed by atoms with Gasteiger partial charge in [0.2, 0.25) is 11.8 Å². The number of halogens is 1. The Balaban J connectivity index is 0.00000312. The molecule has 0 aromatic heterocycles. The van der Waals surface area contributed by atoms with Gasteiger partial charge < -0.3 is 15.5 Å². The lowest BCUT2D eigenvalue weighted by atomic mass is 10.1. The first-order valence-corrected chi connectivity index (χ1v) is 8.98. The zero-order valence-electron chi connectivity index (χ0n) is 15.0. The smallest absolute Gasteiger partial charge is 0.239 e. The van der Waals surface area contributed by atoms with Crippen molar-refractivity contribution in [1.82, 2.24) is 9.80 Å². The van der Waals surface area contributed by atoms with Gasteiger partial charge in [-0.2, -0.15) is 0 Å². The van der Waals surface area contributed by atoms with Crippen molar-refractivity contribution in [1.29, 1.82) is 0 Å². The first-order valence-electron chi connectivity index (χ1n) is 8.98. The molecule has 0 radical (unpaired) electrons. The number of hydrogen-bond acceptors (Lipinski definition) is 3. The van der Waals surface area contributed by atoms with Gasteiger partial charge in [-0.25, -0.2) is 0 Å². The summed E-state index contributed by atoms with van der Waals surface area (Å²) in [5.74, 6) is 0.212. The molecule has 5 nitrogen and oxygen atoms in total. The molecule has 1 unspecified atom stereocenters. The molecule has 0 saturated carbocycles. The molecule has 1 aliphatic heterocycles. The highest BCUT2D eigenvalue weighted by molar-refractivity contribution is 5.85. The van der Waals surface area contributed by atoms with Gasteiger partial charge in [0.05, 0.1) is 6.04 Å². The van der Waals surface area contributed by atoms with Crippen LogP contribution in [0.1, 0.15) is 38.2 Å². The summed E-state index contributed by atoms with van der Waals surface area (Å²) in [5, 5.41) is 0. The molecule has 25 heavy (non-hydrogen) atoms. The van der Waals surface area contributed by atoms with Crippen LogP contribution in [0.3, 0.4) is 0 Å². The van der Waals surface area contributed by atoms with Crippen LogP contribution in [0.5, 0.6) is 0 Å². The quantitative estimate of drug-likeness (QED) is 0.803. The Morgan fingerprint density at radius 3 is 2.28 bits per heavy atom. The number of rotatable bonds is 7.